The lowest BCUT2D eigenvalue weighted by atomic mass is 10.1. The molecule has 0 fully saturated rings. The number of carboxylic acids is 1. The molecule has 2 N–H and O–H groups in total. The van der Waals surface area contributed by atoms with Gasteiger partial charge < -0.3 is 19.9 Å². The van der Waals surface area contributed by atoms with Gasteiger partial charge in [0, 0.05) is 11.3 Å². The van der Waals surface area contributed by atoms with Gasteiger partial charge in [0.25, 0.3) is 0 Å². The van der Waals surface area contributed by atoms with Crippen molar-refractivity contribution in [2.24, 2.45) is 0 Å². The normalized spacial score (nSPS) is 12.5. The van der Waals surface area contributed by atoms with E-state index in [1.807, 2.05) is 0 Å². The Labute approximate surface area is 132 Å². The summed E-state index contributed by atoms with van der Waals surface area (Å²) in [6, 6.07) is 11.5. The summed E-state index contributed by atoms with van der Waals surface area (Å²) in [6.45, 7) is 0.937. The summed E-state index contributed by atoms with van der Waals surface area (Å²) in [7, 11) is 0. The quantitative estimate of drug-likeness (QED) is 0.825. The number of nitrogens with one attached hydrogen (secondary N) is 1. The van der Waals surface area contributed by atoms with Gasteiger partial charge in [0.1, 0.15) is 13.2 Å². The van der Waals surface area contributed by atoms with Crippen molar-refractivity contribution in [1.29, 1.82) is 0 Å². The van der Waals surface area contributed by atoms with Crippen molar-refractivity contribution in [2.45, 2.75) is 0 Å². The number of Topliss-reactive ketones (excluding diaryl/α,β-unsaturated/α-hetero) is 1. The molecule has 2 aromatic rings. The van der Waals surface area contributed by atoms with Crippen LogP contribution < -0.4 is 14.8 Å². The van der Waals surface area contributed by atoms with Gasteiger partial charge in [0.2, 0.25) is 0 Å². The minimum Gasteiger partial charge on any atom is -0.486 e. The van der Waals surface area contributed by atoms with Gasteiger partial charge in [-0.3, -0.25) is 4.79 Å². The van der Waals surface area contributed by atoms with E-state index in [-0.39, 0.29) is 17.9 Å². The summed E-state index contributed by atoms with van der Waals surface area (Å²) in [5.41, 5.74) is 1.02. The average Bonchev–Trinajstić information content (AvgIpc) is 2.59. The molecule has 1 aliphatic heterocycles. The Morgan fingerprint density at radius 2 is 1.78 bits per heavy atom. The number of ether oxygens (including phenoxy) is 2. The fourth-order valence-electron chi connectivity index (χ4n) is 2.32. The number of hydrogen-bond acceptors (Lipinski definition) is 5. The zero-order valence-corrected chi connectivity index (χ0v) is 12.2. The Morgan fingerprint density at radius 3 is 2.57 bits per heavy atom. The average molecular weight is 313 g/mol. The van der Waals surface area contributed by atoms with Gasteiger partial charge in [-0.05, 0) is 30.3 Å². The zero-order chi connectivity index (χ0) is 16.2. The first-order valence-electron chi connectivity index (χ1n) is 7.14. The SMILES string of the molecule is O=C(CNc1ccccc1C(=O)O)c1ccc2c(c1)OCCO2. The maximum absolute atomic E-state index is 12.3. The third-order valence-corrected chi connectivity index (χ3v) is 3.46. The highest BCUT2D eigenvalue weighted by Gasteiger charge is 2.15. The van der Waals surface area contributed by atoms with E-state index < -0.39 is 5.97 Å². The van der Waals surface area contributed by atoms with Gasteiger partial charge in [0.15, 0.2) is 17.3 Å². The molecule has 6 heteroatoms. The molecule has 1 heterocycles. The van der Waals surface area contributed by atoms with Crippen molar-refractivity contribution in [3.8, 4) is 11.5 Å². The van der Waals surface area contributed by atoms with E-state index in [1.54, 1.807) is 36.4 Å². The van der Waals surface area contributed by atoms with E-state index >= 15 is 0 Å². The predicted molar refractivity (Wildman–Crippen MR) is 83.7 cm³/mol. The minimum atomic E-state index is -1.04. The van der Waals surface area contributed by atoms with Crippen LogP contribution in [-0.2, 0) is 0 Å². The van der Waals surface area contributed by atoms with E-state index in [4.69, 9.17) is 14.6 Å². The summed E-state index contributed by atoms with van der Waals surface area (Å²) in [5, 5.41) is 12.0. The van der Waals surface area contributed by atoms with Crippen molar-refractivity contribution in [1.82, 2.24) is 0 Å². The molecule has 0 bridgehead atoms. The first kappa shape index (κ1) is 14.9. The number of ketones is 1. The molecule has 2 aromatic carbocycles. The second kappa shape index (κ2) is 6.39. The topological polar surface area (TPSA) is 84.9 Å². The van der Waals surface area contributed by atoms with E-state index in [0.29, 0.717) is 36.0 Å². The summed E-state index contributed by atoms with van der Waals surface area (Å²) in [6.07, 6.45) is 0. The number of para-hydroxylation sites is 1. The molecular formula is C17H15NO5. The van der Waals surface area contributed by atoms with Gasteiger partial charge >= 0.3 is 5.97 Å². The lowest BCUT2D eigenvalue weighted by Gasteiger charge is -2.18. The Kier molecular flexibility index (Phi) is 4.14. The summed E-state index contributed by atoms with van der Waals surface area (Å²) < 4.78 is 10.9. The van der Waals surface area contributed by atoms with Crippen LogP contribution in [0, 0.1) is 0 Å². The molecular weight excluding hydrogens is 298 g/mol. The first-order chi connectivity index (χ1) is 11.1. The highest BCUT2D eigenvalue weighted by Crippen LogP contribution is 2.30. The lowest BCUT2D eigenvalue weighted by Crippen LogP contribution is -2.18. The molecule has 3 rings (SSSR count). The smallest absolute Gasteiger partial charge is 0.337 e. The third kappa shape index (κ3) is 3.26. The molecule has 118 valence electrons. The van der Waals surface area contributed by atoms with E-state index in [2.05, 4.69) is 5.32 Å². The van der Waals surface area contributed by atoms with Crippen LogP contribution in [0.2, 0.25) is 0 Å². The maximum Gasteiger partial charge on any atom is 0.337 e. The largest absolute Gasteiger partial charge is 0.486 e. The Morgan fingerprint density at radius 1 is 1.04 bits per heavy atom. The lowest BCUT2D eigenvalue weighted by molar-refractivity contribution is 0.0697. The number of carboxylic acid groups (broad SMARTS) is 1. The van der Waals surface area contributed by atoms with Crippen LogP contribution in [0.3, 0.4) is 0 Å². The molecule has 0 saturated carbocycles. The standard InChI is InChI=1S/C17H15NO5/c19-14(10-18-13-4-2-1-3-12(13)17(20)21)11-5-6-15-16(9-11)23-8-7-22-15/h1-6,9,18H,7-8,10H2,(H,20,21). The van der Waals surface area contributed by atoms with Gasteiger partial charge in [-0.25, -0.2) is 4.79 Å². The number of carbonyl (C=O) groups is 2. The second-order valence-electron chi connectivity index (χ2n) is 4.99. The van der Waals surface area contributed by atoms with Crippen LogP contribution in [0.25, 0.3) is 0 Å². The van der Waals surface area contributed by atoms with Gasteiger partial charge in [-0.1, -0.05) is 12.1 Å². The molecule has 0 atom stereocenters. The second-order valence-corrected chi connectivity index (χ2v) is 4.99. The fourth-order valence-corrected chi connectivity index (χ4v) is 2.32. The molecule has 0 radical (unpaired) electrons. The van der Waals surface area contributed by atoms with Crippen LogP contribution in [0.1, 0.15) is 20.7 Å². The van der Waals surface area contributed by atoms with Crippen molar-refractivity contribution in [3.63, 3.8) is 0 Å². The van der Waals surface area contributed by atoms with Crippen LogP contribution in [0.15, 0.2) is 42.5 Å². The molecule has 0 aromatic heterocycles. The minimum absolute atomic E-state index is 0.00998. The van der Waals surface area contributed by atoms with E-state index in [0.717, 1.165) is 0 Å². The highest BCUT2D eigenvalue weighted by molar-refractivity contribution is 6.01. The van der Waals surface area contributed by atoms with Crippen molar-refractivity contribution < 1.29 is 24.2 Å². The molecule has 6 nitrogen and oxygen atoms in total. The molecule has 0 saturated heterocycles. The molecule has 1 aliphatic rings. The number of benzene rings is 2. The number of hydrogen-bond donors (Lipinski definition) is 2. The molecule has 0 amide bonds. The number of fused-ring (bicyclic) bond motifs is 1. The van der Waals surface area contributed by atoms with Crippen molar-refractivity contribution in [3.05, 3.63) is 53.6 Å². The van der Waals surface area contributed by atoms with Crippen LogP contribution >= 0.6 is 0 Å². The Balaban J connectivity index is 1.72. The Hall–Kier alpha value is -3.02. The van der Waals surface area contributed by atoms with Gasteiger partial charge in [0.05, 0.1) is 12.1 Å². The molecule has 0 spiro atoms. The first-order valence-corrected chi connectivity index (χ1v) is 7.14. The van der Waals surface area contributed by atoms with Crippen LogP contribution in [0.5, 0.6) is 11.5 Å². The van der Waals surface area contributed by atoms with Crippen molar-refractivity contribution in [2.75, 3.05) is 25.1 Å². The number of anilines is 1. The van der Waals surface area contributed by atoms with E-state index in [1.165, 1.54) is 6.07 Å². The molecule has 23 heavy (non-hydrogen) atoms. The van der Waals surface area contributed by atoms with Crippen molar-refractivity contribution >= 4 is 17.4 Å². The summed E-state index contributed by atoms with van der Waals surface area (Å²) in [4.78, 5) is 23.4. The summed E-state index contributed by atoms with van der Waals surface area (Å²) in [5.74, 6) is -0.0351. The number of rotatable bonds is 5. The fraction of sp³-hybridized carbons (Fsp3) is 0.176. The molecule has 0 aliphatic carbocycles. The van der Waals surface area contributed by atoms with Gasteiger partial charge in [-0.15, -0.1) is 0 Å². The van der Waals surface area contributed by atoms with Gasteiger partial charge in [-0.2, -0.15) is 0 Å². The number of aromatic carboxylic acids is 1. The predicted octanol–water partition coefficient (Wildman–Crippen LogP) is 2.45. The number of carbonyl (C=O) groups excluding carboxylic acids is 1. The third-order valence-electron chi connectivity index (χ3n) is 3.46. The van der Waals surface area contributed by atoms with E-state index in [9.17, 15) is 9.59 Å². The monoisotopic (exact) mass is 313 g/mol. The summed E-state index contributed by atoms with van der Waals surface area (Å²) >= 11 is 0. The van der Waals surface area contributed by atoms with Crippen LogP contribution in [-0.4, -0.2) is 36.6 Å². The Bertz CT molecular complexity index is 756. The highest BCUT2D eigenvalue weighted by atomic mass is 16.6. The van der Waals surface area contributed by atoms with Crippen LogP contribution in [0.4, 0.5) is 5.69 Å². The zero-order valence-electron chi connectivity index (χ0n) is 12.2. The maximum atomic E-state index is 12.3. The molecule has 0 unspecified atom stereocenters.